The molecule has 0 spiro atoms. The van der Waals surface area contributed by atoms with Gasteiger partial charge in [0.1, 0.15) is 17.7 Å². The molecule has 1 fully saturated rings. The van der Waals surface area contributed by atoms with E-state index in [2.05, 4.69) is 10.6 Å². The zero-order chi connectivity index (χ0) is 29.6. The van der Waals surface area contributed by atoms with Gasteiger partial charge >= 0.3 is 6.09 Å². The summed E-state index contributed by atoms with van der Waals surface area (Å²) in [6.07, 6.45) is 1.84. The molecule has 4 amide bonds. The highest BCUT2D eigenvalue weighted by Crippen LogP contribution is 2.35. The number of benzene rings is 2. The predicted octanol–water partition coefficient (Wildman–Crippen LogP) is 4.70. The van der Waals surface area contributed by atoms with Crippen molar-refractivity contribution in [3.05, 3.63) is 64.7 Å². The Morgan fingerprint density at radius 3 is 2.10 bits per heavy atom. The van der Waals surface area contributed by atoms with Crippen LogP contribution in [0.25, 0.3) is 0 Å². The molecule has 2 unspecified atom stereocenters. The number of nitrogens with two attached hydrogens (primary N) is 1. The Balaban J connectivity index is 2.06. The molecule has 0 aromatic heterocycles. The molecule has 0 heterocycles. The van der Waals surface area contributed by atoms with Crippen LogP contribution in [0.3, 0.4) is 0 Å². The summed E-state index contributed by atoms with van der Waals surface area (Å²) >= 11 is 0. The Kier molecular flexibility index (Phi) is 9.95. The summed E-state index contributed by atoms with van der Waals surface area (Å²) in [5.74, 6) is -1.70. The molecule has 1 saturated carbocycles. The summed E-state index contributed by atoms with van der Waals surface area (Å²) in [5, 5.41) is 5.59. The quantitative estimate of drug-likeness (QED) is 0.395. The molecule has 9 nitrogen and oxygen atoms in total. The maximum Gasteiger partial charge on any atom is 0.408 e. The van der Waals surface area contributed by atoms with Crippen molar-refractivity contribution >= 4 is 29.5 Å². The molecule has 9 heteroatoms. The van der Waals surface area contributed by atoms with Gasteiger partial charge in [-0.1, -0.05) is 49.4 Å². The second-order valence-corrected chi connectivity index (χ2v) is 11.5. The lowest BCUT2D eigenvalue weighted by Crippen LogP contribution is -2.57. The lowest BCUT2D eigenvalue weighted by atomic mass is 9.87. The Labute approximate surface area is 236 Å². The van der Waals surface area contributed by atoms with Crippen molar-refractivity contribution < 1.29 is 23.9 Å². The number of rotatable bonds is 10. The third kappa shape index (κ3) is 7.83. The van der Waals surface area contributed by atoms with Crippen LogP contribution in [0.4, 0.5) is 10.5 Å². The van der Waals surface area contributed by atoms with Gasteiger partial charge in [0.2, 0.25) is 11.8 Å². The average molecular weight is 551 g/mol. The van der Waals surface area contributed by atoms with Gasteiger partial charge in [-0.2, -0.15) is 0 Å². The van der Waals surface area contributed by atoms with Crippen LogP contribution in [-0.2, 0) is 25.5 Å². The van der Waals surface area contributed by atoms with Gasteiger partial charge in [0.05, 0.1) is 6.42 Å². The third-order valence-corrected chi connectivity index (χ3v) is 7.08. The van der Waals surface area contributed by atoms with Gasteiger partial charge in [0.15, 0.2) is 0 Å². The molecule has 0 saturated heterocycles. The third-order valence-electron chi connectivity index (χ3n) is 7.08. The molecule has 1 aliphatic carbocycles. The van der Waals surface area contributed by atoms with Gasteiger partial charge in [-0.15, -0.1) is 0 Å². The van der Waals surface area contributed by atoms with E-state index in [0.717, 1.165) is 29.5 Å². The zero-order valence-electron chi connectivity index (χ0n) is 24.4. The van der Waals surface area contributed by atoms with Crippen LogP contribution in [0.5, 0.6) is 0 Å². The van der Waals surface area contributed by atoms with E-state index in [0.29, 0.717) is 24.1 Å². The molecule has 40 heavy (non-hydrogen) atoms. The molecule has 2 atom stereocenters. The summed E-state index contributed by atoms with van der Waals surface area (Å²) < 4.78 is 5.35. The van der Waals surface area contributed by atoms with Crippen LogP contribution in [0, 0.1) is 13.8 Å². The number of carbonyl (C=O) groups is 4. The van der Waals surface area contributed by atoms with Gasteiger partial charge in [-0.25, -0.2) is 4.79 Å². The Bertz CT molecular complexity index is 1210. The molecule has 1 aliphatic rings. The van der Waals surface area contributed by atoms with E-state index in [1.165, 1.54) is 4.90 Å². The first kappa shape index (κ1) is 30.7. The standard InChI is InChI=1S/C31H42N4O5/c1-7-21-14-16-22(17-15-21)27(28(37)34-26-19(2)10-8-11-20(26)3)35(23-12-9-13-23)29(38)24(18-25(32)36)33-30(39)40-31(4,5)6/h8,10-11,14-17,23-24,27H,7,9,12-13,18H2,1-6H3,(H2,32,36)(H,33,39)(H,34,37). The fraction of sp³-hybridized carbons (Fsp3) is 0.484. The summed E-state index contributed by atoms with van der Waals surface area (Å²) in [4.78, 5) is 54.5. The van der Waals surface area contributed by atoms with Gasteiger partial charge in [-0.3, -0.25) is 14.4 Å². The normalized spacial score (nSPS) is 14.8. The lowest BCUT2D eigenvalue weighted by molar-refractivity contribution is -0.146. The molecule has 2 aromatic carbocycles. The first-order valence-electron chi connectivity index (χ1n) is 13.9. The minimum atomic E-state index is -1.29. The summed E-state index contributed by atoms with van der Waals surface area (Å²) in [5.41, 5.74) is 8.89. The van der Waals surface area contributed by atoms with Gasteiger partial charge < -0.3 is 26.0 Å². The van der Waals surface area contributed by atoms with Crippen molar-refractivity contribution in [2.24, 2.45) is 5.73 Å². The first-order chi connectivity index (χ1) is 18.8. The maximum atomic E-state index is 14.2. The summed E-state index contributed by atoms with van der Waals surface area (Å²) in [6, 6.07) is 10.8. The number of amides is 4. The number of nitrogens with zero attached hydrogens (tertiary/aromatic N) is 1. The molecule has 216 valence electrons. The van der Waals surface area contributed by atoms with Crippen molar-refractivity contribution in [1.29, 1.82) is 0 Å². The molecule has 0 radical (unpaired) electrons. The van der Waals surface area contributed by atoms with Crippen LogP contribution in [0.1, 0.15) is 81.7 Å². The SMILES string of the molecule is CCc1ccc(C(C(=O)Nc2c(C)cccc2C)N(C(=O)C(CC(N)=O)NC(=O)OC(C)(C)C)C2CCC2)cc1. The summed E-state index contributed by atoms with van der Waals surface area (Å²) in [7, 11) is 0. The monoisotopic (exact) mass is 550 g/mol. The highest BCUT2D eigenvalue weighted by molar-refractivity contribution is 6.00. The van der Waals surface area contributed by atoms with E-state index in [1.54, 1.807) is 20.8 Å². The van der Waals surface area contributed by atoms with E-state index < -0.39 is 42.0 Å². The van der Waals surface area contributed by atoms with Gasteiger partial charge in [0, 0.05) is 11.7 Å². The highest BCUT2D eigenvalue weighted by Gasteiger charge is 2.42. The molecular weight excluding hydrogens is 508 g/mol. The molecule has 2 aromatic rings. The number of ether oxygens (including phenoxy) is 1. The average Bonchev–Trinajstić information content (AvgIpc) is 2.83. The number of anilines is 1. The fourth-order valence-corrected chi connectivity index (χ4v) is 4.79. The maximum absolute atomic E-state index is 14.2. The predicted molar refractivity (Wildman–Crippen MR) is 155 cm³/mol. The van der Waals surface area contributed by atoms with E-state index in [1.807, 2.05) is 63.2 Å². The van der Waals surface area contributed by atoms with E-state index >= 15 is 0 Å². The minimum absolute atomic E-state index is 0.247. The van der Waals surface area contributed by atoms with Crippen LogP contribution < -0.4 is 16.4 Å². The Morgan fingerprint density at radius 1 is 1.02 bits per heavy atom. The fourth-order valence-electron chi connectivity index (χ4n) is 4.79. The van der Waals surface area contributed by atoms with E-state index in [4.69, 9.17) is 10.5 Å². The largest absolute Gasteiger partial charge is 0.444 e. The lowest BCUT2D eigenvalue weighted by Gasteiger charge is -2.43. The zero-order valence-corrected chi connectivity index (χ0v) is 24.4. The van der Waals surface area contributed by atoms with Crippen molar-refractivity contribution in [3.63, 3.8) is 0 Å². The van der Waals surface area contributed by atoms with Crippen LogP contribution >= 0.6 is 0 Å². The van der Waals surface area contributed by atoms with Crippen molar-refractivity contribution in [2.45, 2.75) is 97.4 Å². The molecule has 3 rings (SSSR count). The minimum Gasteiger partial charge on any atom is -0.444 e. The molecular formula is C31H42N4O5. The van der Waals surface area contributed by atoms with Crippen LogP contribution in [0.2, 0.25) is 0 Å². The van der Waals surface area contributed by atoms with Crippen molar-refractivity contribution in [1.82, 2.24) is 10.2 Å². The molecule has 0 bridgehead atoms. The number of hydrogen-bond acceptors (Lipinski definition) is 5. The second-order valence-electron chi connectivity index (χ2n) is 11.5. The topological polar surface area (TPSA) is 131 Å². The van der Waals surface area contributed by atoms with E-state index in [-0.39, 0.29) is 11.9 Å². The van der Waals surface area contributed by atoms with Crippen molar-refractivity contribution in [2.75, 3.05) is 5.32 Å². The number of aryl methyl sites for hydroxylation is 3. The van der Waals surface area contributed by atoms with Gasteiger partial charge in [-0.05, 0) is 82.6 Å². The molecule has 0 aliphatic heterocycles. The second kappa shape index (κ2) is 13.0. The Morgan fingerprint density at radius 2 is 1.62 bits per heavy atom. The van der Waals surface area contributed by atoms with Crippen LogP contribution in [0.15, 0.2) is 42.5 Å². The van der Waals surface area contributed by atoms with Crippen LogP contribution in [-0.4, -0.2) is 46.4 Å². The Hall–Kier alpha value is -3.88. The number of para-hydroxylation sites is 1. The van der Waals surface area contributed by atoms with E-state index in [9.17, 15) is 19.2 Å². The highest BCUT2D eigenvalue weighted by atomic mass is 16.6. The first-order valence-corrected chi connectivity index (χ1v) is 13.9. The summed E-state index contributed by atoms with van der Waals surface area (Å²) in [6.45, 7) is 11.0. The number of carbonyl (C=O) groups excluding carboxylic acids is 4. The number of primary amides is 1. The number of nitrogens with one attached hydrogen (secondary N) is 2. The number of hydrogen-bond donors (Lipinski definition) is 3. The molecule has 4 N–H and O–H groups in total. The van der Waals surface area contributed by atoms with Crippen molar-refractivity contribution in [3.8, 4) is 0 Å². The number of alkyl carbamates (subject to hydrolysis) is 1. The van der Waals surface area contributed by atoms with Gasteiger partial charge in [0.25, 0.3) is 5.91 Å². The smallest absolute Gasteiger partial charge is 0.408 e.